The van der Waals surface area contributed by atoms with Crippen LogP contribution in [0.3, 0.4) is 0 Å². The third-order valence-electron chi connectivity index (χ3n) is 2.66. The zero-order chi connectivity index (χ0) is 14.5. The molecule has 1 aromatic heterocycles. The molecule has 20 heavy (non-hydrogen) atoms. The van der Waals surface area contributed by atoms with E-state index in [0.29, 0.717) is 11.3 Å². The maximum Gasteiger partial charge on any atom is 0.260 e. The Morgan fingerprint density at radius 3 is 2.90 bits per heavy atom. The van der Waals surface area contributed by atoms with Gasteiger partial charge >= 0.3 is 0 Å². The highest BCUT2D eigenvalue weighted by Gasteiger charge is 2.14. The van der Waals surface area contributed by atoms with Gasteiger partial charge in [0.1, 0.15) is 6.61 Å². The van der Waals surface area contributed by atoms with Gasteiger partial charge in [0.05, 0.1) is 11.8 Å². The predicted molar refractivity (Wildman–Crippen MR) is 76.8 cm³/mol. The number of hydrogen-bond acceptors (Lipinski definition) is 3. The Kier molecular flexibility index (Phi) is 4.46. The summed E-state index contributed by atoms with van der Waals surface area (Å²) < 4.78 is 4.88. The molecule has 0 aliphatic carbocycles. The summed E-state index contributed by atoms with van der Waals surface area (Å²) in [6.45, 7) is 1.66. The number of benzene rings is 1. The van der Waals surface area contributed by atoms with Crippen LogP contribution in [0.15, 0.2) is 34.9 Å². The van der Waals surface area contributed by atoms with Gasteiger partial charge in [-0.3, -0.25) is 4.79 Å². The number of aliphatic hydroxyl groups excluding tert-OH is 1. The van der Waals surface area contributed by atoms with Crippen LogP contribution in [-0.2, 0) is 0 Å². The molecule has 0 radical (unpaired) electrons. The van der Waals surface area contributed by atoms with Crippen molar-refractivity contribution in [2.75, 3.05) is 11.9 Å². The van der Waals surface area contributed by atoms with E-state index in [1.165, 1.54) is 12.3 Å². The summed E-state index contributed by atoms with van der Waals surface area (Å²) in [5.41, 5.74) is 2.51. The second kappa shape index (κ2) is 6.29. The number of halogens is 1. The van der Waals surface area contributed by atoms with Crippen molar-refractivity contribution in [3.05, 3.63) is 52.4 Å². The largest absolute Gasteiger partial charge is 0.452 e. The second-order valence-corrected chi connectivity index (χ2v) is 4.39. The second-order valence-electron chi connectivity index (χ2n) is 4.05. The summed E-state index contributed by atoms with van der Waals surface area (Å²) in [7, 11) is 0. The van der Waals surface area contributed by atoms with Gasteiger partial charge in [0.25, 0.3) is 5.91 Å². The number of hydrogen-bond donors (Lipinski definition) is 2. The molecule has 0 saturated heterocycles. The molecule has 0 atom stereocenters. The van der Waals surface area contributed by atoms with Crippen LogP contribution < -0.4 is 5.32 Å². The number of nitrogens with one attached hydrogen (secondary N) is 1. The van der Waals surface area contributed by atoms with Crippen molar-refractivity contribution in [3.8, 4) is 11.8 Å². The molecule has 1 heterocycles. The zero-order valence-corrected chi connectivity index (χ0v) is 11.5. The zero-order valence-electron chi connectivity index (χ0n) is 10.7. The third kappa shape index (κ3) is 3.21. The molecule has 102 valence electrons. The van der Waals surface area contributed by atoms with E-state index in [1.54, 1.807) is 6.07 Å². The summed E-state index contributed by atoms with van der Waals surface area (Å²) >= 11 is 5.76. The number of carbonyl (C=O) groups is 1. The van der Waals surface area contributed by atoms with E-state index < -0.39 is 0 Å². The molecule has 1 aromatic carbocycles. The van der Waals surface area contributed by atoms with Gasteiger partial charge in [-0.15, -0.1) is 0 Å². The molecule has 0 aliphatic rings. The van der Waals surface area contributed by atoms with Gasteiger partial charge in [-0.1, -0.05) is 17.9 Å². The Hall–Kier alpha value is -2.22. The molecule has 0 saturated carbocycles. The molecule has 0 bridgehead atoms. The van der Waals surface area contributed by atoms with Gasteiger partial charge in [0.15, 0.2) is 0 Å². The molecule has 2 rings (SSSR count). The van der Waals surface area contributed by atoms with E-state index in [-0.39, 0.29) is 23.3 Å². The number of carbonyl (C=O) groups excluding carboxylic acids is 1. The number of furan rings is 1. The first kappa shape index (κ1) is 14.2. The van der Waals surface area contributed by atoms with Crippen molar-refractivity contribution in [3.63, 3.8) is 0 Å². The lowest BCUT2D eigenvalue weighted by molar-refractivity contribution is 0.102. The van der Waals surface area contributed by atoms with Gasteiger partial charge in [-0.2, -0.15) is 0 Å². The Morgan fingerprint density at radius 1 is 1.45 bits per heavy atom. The topological polar surface area (TPSA) is 62.5 Å². The molecular formula is C15H12ClNO3. The van der Waals surface area contributed by atoms with E-state index in [1.807, 2.05) is 19.1 Å². The number of aryl methyl sites for hydroxylation is 1. The molecule has 1 amide bonds. The Morgan fingerprint density at radius 2 is 2.25 bits per heavy atom. The fourth-order valence-electron chi connectivity index (χ4n) is 1.62. The van der Waals surface area contributed by atoms with E-state index in [0.717, 1.165) is 5.56 Å². The molecule has 0 spiro atoms. The third-order valence-corrected chi connectivity index (χ3v) is 2.95. The highest BCUT2D eigenvalue weighted by Crippen LogP contribution is 2.21. The van der Waals surface area contributed by atoms with Gasteiger partial charge < -0.3 is 14.8 Å². The molecule has 2 aromatic rings. The summed E-state index contributed by atoms with van der Waals surface area (Å²) in [5.74, 6) is 5.00. The Bertz CT molecular complexity index is 695. The first-order valence-electron chi connectivity index (χ1n) is 5.86. The van der Waals surface area contributed by atoms with Crippen molar-refractivity contribution in [1.29, 1.82) is 0 Å². The van der Waals surface area contributed by atoms with Gasteiger partial charge in [-0.25, -0.2) is 0 Å². The number of amides is 1. The number of rotatable bonds is 2. The summed E-state index contributed by atoms with van der Waals surface area (Å²) in [4.78, 5) is 12.0. The van der Waals surface area contributed by atoms with Crippen LogP contribution in [0.2, 0.25) is 5.22 Å². The summed E-state index contributed by atoms with van der Waals surface area (Å²) in [6, 6.07) is 6.90. The van der Waals surface area contributed by atoms with Crippen LogP contribution in [-0.4, -0.2) is 17.6 Å². The van der Waals surface area contributed by atoms with Crippen LogP contribution in [0.25, 0.3) is 0 Å². The average molecular weight is 290 g/mol. The minimum atomic E-state index is -0.348. The van der Waals surface area contributed by atoms with Crippen molar-refractivity contribution < 1.29 is 14.3 Å². The molecular weight excluding hydrogens is 278 g/mol. The Balaban J connectivity index is 2.25. The molecule has 0 unspecified atom stereocenters. The number of anilines is 1. The average Bonchev–Trinajstić information content (AvgIpc) is 2.86. The summed E-state index contributed by atoms with van der Waals surface area (Å²) in [5, 5.41) is 11.5. The van der Waals surface area contributed by atoms with Crippen molar-refractivity contribution in [2.24, 2.45) is 0 Å². The fourth-order valence-corrected chi connectivity index (χ4v) is 1.82. The smallest absolute Gasteiger partial charge is 0.260 e. The highest BCUT2D eigenvalue weighted by molar-refractivity contribution is 6.32. The van der Waals surface area contributed by atoms with Crippen molar-refractivity contribution >= 4 is 23.2 Å². The van der Waals surface area contributed by atoms with E-state index >= 15 is 0 Å². The quantitative estimate of drug-likeness (QED) is 0.836. The minimum absolute atomic E-state index is 0.0522. The van der Waals surface area contributed by atoms with Crippen molar-refractivity contribution in [2.45, 2.75) is 6.92 Å². The maximum atomic E-state index is 12.0. The fraction of sp³-hybridized carbons (Fsp3) is 0.133. The van der Waals surface area contributed by atoms with Gasteiger partial charge in [-0.05, 0) is 42.3 Å². The lowest BCUT2D eigenvalue weighted by atomic mass is 10.1. The Labute approximate surface area is 121 Å². The van der Waals surface area contributed by atoms with Crippen molar-refractivity contribution in [1.82, 2.24) is 0 Å². The van der Waals surface area contributed by atoms with Gasteiger partial charge in [0, 0.05) is 11.3 Å². The molecule has 0 fully saturated rings. The SMILES string of the molecule is Cc1ccc(C#CCO)cc1NC(=O)c1ccoc1Cl. The lowest BCUT2D eigenvalue weighted by Crippen LogP contribution is -2.12. The van der Waals surface area contributed by atoms with Gasteiger partial charge in [0.2, 0.25) is 5.22 Å². The minimum Gasteiger partial charge on any atom is -0.452 e. The van der Waals surface area contributed by atoms with Crippen LogP contribution in [0.1, 0.15) is 21.5 Å². The van der Waals surface area contributed by atoms with Crippen LogP contribution >= 0.6 is 11.6 Å². The van der Waals surface area contributed by atoms with Crippen LogP contribution in [0, 0.1) is 18.8 Å². The van der Waals surface area contributed by atoms with E-state index in [2.05, 4.69) is 17.2 Å². The lowest BCUT2D eigenvalue weighted by Gasteiger charge is -2.08. The monoisotopic (exact) mass is 289 g/mol. The van der Waals surface area contributed by atoms with Crippen LogP contribution in [0.5, 0.6) is 0 Å². The standard InChI is InChI=1S/C15H12ClNO3/c1-10-4-5-11(3-2-7-18)9-13(10)17-15(19)12-6-8-20-14(12)16/h4-6,8-9,18H,7H2,1H3,(H,17,19). The molecule has 0 aliphatic heterocycles. The number of aliphatic hydroxyl groups is 1. The summed E-state index contributed by atoms with van der Waals surface area (Å²) in [6.07, 6.45) is 1.35. The first-order valence-corrected chi connectivity index (χ1v) is 6.24. The normalized spacial score (nSPS) is 9.75. The van der Waals surface area contributed by atoms with E-state index in [9.17, 15) is 4.79 Å². The predicted octanol–water partition coefficient (Wildman–Crippen LogP) is 2.84. The highest BCUT2D eigenvalue weighted by atomic mass is 35.5. The molecule has 5 heteroatoms. The maximum absolute atomic E-state index is 12.0. The van der Waals surface area contributed by atoms with Crippen LogP contribution in [0.4, 0.5) is 5.69 Å². The molecule has 2 N–H and O–H groups in total. The van der Waals surface area contributed by atoms with E-state index in [4.69, 9.17) is 21.1 Å². The molecule has 4 nitrogen and oxygen atoms in total. The first-order chi connectivity index (χ1) is 9.61.